The molecule has 0 saturated carbocycles. The van der Waals surface area contributed by atoms with Crippen molar-refractivity contribution in [3.8, 4) is 0 Å². The van der Waals surface area contributed by atoms with Crippen LogP contribution in [0.2, 0.25) is 19.6 Å². The number of unbranched alkanes of at least 4 members (excludes halogenated alkanes) is 2. The van der Waals surface area contributed by atoms with E-state index in [9.17, 15) is 4.79 Å². The lowest BCUT2D eigenvalue weighted by molar-refractivity contribution is -0.117. The predicted octanol–water partition coefficient (Wildman–Crippen LogP) is 5.49. The summed E-state index contributed by atoms with van der Waals surface area (Å²) in [6.07, 6.45) is 6.89. The first-order valence-electron chi connectivity index (χ1n) is 8.55. The topological polar surface area (TPSA) is 17.1 Å². The Morgan fingerprint density at radius 2 is 1.82 bits per heavy atom. The molecule has 0 fully saturated rings. The molecule has 0 amide bonds. The Bertz CT molecular complexity index is 673. The van der Waals surface area contributed by atoms with Gasteiger partial charge in [0.15, 0.2) is 5.78 Å². The molecule has 0 spiro atoms. The number of carbonyl (C=O) groups is 1. The Hall–Kier alpha value is -1.41. The lowest BCUT2D eigenvalue weighted by Crippen LogP contribution is -2.30. The first-order valence-corrected chi connectivity index (χ1v) is 12.1. The van der Waals surface area contributed by atoms with E-state index in [0.29, 0.717) is 5.78 Å². The number of carbonyl (C=O) groups excluding carboxylic acids is 1. The molecule has 116 valence electrons. The normalized spacial score (nSPS) is 20.3. The van der Waals surface area contributed by atoms with Gasteiger partial charge in [0.1, 0.15) is 0 Å². The second-order valence-electron chi connectivity index (χ2n) is 7.60. The summed E-state index contributed by atoms with van der Waals surface area (Å²) < 4.78 is 0. The minimum Gasteiger partial charge on any atom is -0.294 e. The highest BCUT2D eigenvalue weighted by atomic mass is 28.3. The molecule has 0 aromatic heterocycles. The third kappa shape index (κ3) is 2.44. The van der Waals surface area contributed by atoms with Gasteiger partial charge in [-0.05, 0) is 40.0 Å². The fourth-order valence-corrected chi connectivity index (χ4v) is 5.81. The Balaban J connectivity index is 2.06. The second-order valence-corrected chi connectivity index (χ2v) is 12.6. The van der Waals surface area contributed by atoms with E-state index in [2.05, 4.69) is 56.9 Å². The summed E-state index contributed by atoms with van der Waals surface area (Å²) in [5.74, 6) is 0.557. The molecule has 2 aliphatic rings. The van der Waals surface area contributed by atoms with E-state index in [1.807, 2.05) is 0 Å². The quantitative estimate of drug-likeness (QED) is 0.519. The van der Waals surface area contributed by atoms with E-state index in [1.165, 1.54) is 40.3 Å². The third-order valence-corrected chi connectivity index (χ3v) is 6.86. The lowest BCUT2D eigenvalue weighted by Gasteiger charge is -2.20. The summed E-state index contributed by atoms with van der Waals surface area (Å²) in [5.41, 5.74) is 5.22. The van der Waals surface area contributed by atoms with Crippen molar-refractivity contribution in [1.29, 1.82) is 0 Å². The first-order chi connectivity index (χ1) is 10.4. The molecule has 1 atom stereocenters. The summed E-state index contributed by atoms with van der Waals surface area (Å²) in [6.45, 7) is 9.14. The van der Waals surface area contributed by atoms with Crippen molar-refractivity contribution in [1.82, 2.24) is 0 Å². The van der Waals surface area contributed by atoms with Crippen molar-refractivity contribution in [3.05, 3.63) is 46.2 Å². The average Bonchev–Trinajstić information content (AvgIpc) is 2.93. The highest BCUT2D eigenvalue weighted by Gasteiger charge is 2.44. The van der Waals surface area contributed by atoms with Crippen LogP contribution >= 0.6 is 0 Å². The van der Waals surface area contributed by atoms with Crippen molar-refractivity contribution in [3.63, 3.8) is 0 Å². The molecule has 0 aliphatic heterocycles. The number of allylic oxidation sites excluding steroid dienone is 3. The molecule has 1 nitrogen and oxygen atoms in total. The Labute approximate surface area is 135 Å². The lowest BCUT2D eigenvalue weighted by atomic mass is 9.93. The highest BCUT2D eigenvalue weighted by Crippen LogP contribution is 2.50. The molecule has 1 unspecified atom stereocenters. The fraction of sp³-hybridized carbons (Fsp3) is 0.450. The van der Waals surface area contributed by atoms with Gasteiger partial charge in [0.25, 0.3) is 0 Å². The van der Waals surface area contributed by atoms with Crippen LogP contribution in [0, 0.1) is 5.92 Å². The molecular formula is C20H26OSi. The van der Waals surface area contributed by atoms with Crippen molar-refractivity contribution in [2.75, 3.05) is 0 Å². The van der Waals surface area contributed by atoms with E-state index in [4.69, 9.17) is 0 Å². The van der Waals surface area contributed by atoms with Gasteiger partial charge >= 0.3 is 0 Å². The monoisotopic (exact) mass is 310 g/mol. The minimum atomic E-state index is -1.64. The van der Waals surface area contributed by atoms with E-state index in [-0.39, 0.29) is 5.92 Å². The standard InChI is InChI=1S/C20H26OSi/c1-5-6-7-12-16-17-13-14-10-8-9-11-15(14)18(17)20(19(16)21)22(2,3)4/h8-11,13,16H,5-7,12H2,1-4H3. The minimum absolute atomic E-state index is 0.121. The molecule has 2 aliphatic carbocycles. The van der Waals surface area contributed by atoms with Crippen LogP contribution in [0.25, 0.3) is 11.6 Å². The van der Waals surface area contributed by atoms with E-state index in [0.717, 1.165) is 12.8 Å². The molecule has 3 rings (SSSR count). The predicted molar refractivity (Wildman–Crippen MR) is 97.3 cm³/mol. The number of hydrogen-bond acceptors (Lipinski definition) is 1. The van der Waals surface area contributed by atoms with Gasteiger partial charge in [0, 0.05) is 5.92 Å². The van der Waals surface area contributed by atoms with E-state index in [1.54, 1.807) is 0 Å². The van der Waals surface area contributed by atoms with Crippen molar-refractivity contribution >= 4 is 25.5 Å². The second kappa shape index (κ2) is 5.66. The van der Waals surface area contributed by atoms with E-state index < -0.39 is 8.07 Å². The van der Waals surface area contributed by atoms with Crippen LogP contribution in [0.4, 0.5) is 0 Å². The SMILES string of the molecule is CCCCCC1C(=O)C([Si](C)(C)C)=C2C1=Cc1ccccc12. The van der Waals surface area contributed by atoms with Crippen LogP contribution < -0.4 is 0 Å². The fourth-order valence-electron chi connectivity index (χ4n) is 3.87. The zero-order chi connectivity index (χ0) is 15.9. The van der Waals surface area contributed by atoms with Crippen molar-refractivity contribution < 1.29 is 4.79 Å². The molecule has 1 aromatic rings. The van der Waals surface area contributed by atoms with Crippen molar-refractivity contribution in [2.24, 2.45) is 5.92 Å². The van der Waals surface area contributed by atoms with Gasteiger partial charge in [-0.2, -0.15) is 0 Å². The number of ketones is 1. The number of hydrogen-bond donors (Lipinski definition) is 0. The molecule has 0 heterocycles. The molecule has 0 radical (unpaired) electrons. The highest BCUT2D eigenvalue weighted by molar-refractivity contribution is 6.89. The summed E-state index contributed by atoms with van der Waals surface area (Å²) in [4.78, 5) is 13.1. The number of fused-ring (bicyclic) bond motifs is 3. The van der Waals surface area contributed by atoms with Gasteiger partial charge < -0.3 is 0 Å². The molecular weight excluding hydrogens is 284 g/mol. The summed E-state index contributed by atoms with van der Waals surface area (Å²) in [7, 11) is -1.64. The maximum absolute atomic E-state index is 13.1. The average molecular weight is 311 g/mol. The molecule has 0 bridgehead atoms. The Kier molecular flexibility index (Phi) is 3.98. The van der Waals surface area contributed by atoms with Crippen LogP contribution in [0.3, 0.4) is 0 Å². The largest absolute Gasteiger partial charge is 0.294 e. The van der Waals surface area contributed by atoms with Gasteiger partial charge in [-0.3, -0.25) is 4.79 Å². The van der Waals surface area contributed by atoms with Gasteiger partial charge in [0.2, 0.25) is 0 Å². The molecule has 0 N–H and O–H groups in total. The van der Waals surface area contributed by atoms with Crippen LogP contribution in [0.5, 0.6) is 0 Å². The first kappa shape index (κ1) is 15.5. The van der Waals surface area contributed by atoms with Crippen LogP contribution in [-0.4, -0.2) is 13.9 Å². The van der Waals surface area contributed by atoms with Crippen molar-refractivity contribution in [2.45, 2.75) is 52.2 Å². The number of rotatable bonds is 5. The van der Waals surface area contributed by atoms with Gasteiger partial charge in [-0.25, -0.2) is 0 Å². The van der Waals surface area contributed by atoms with Gasteiger partial charge in [-0.15, -0.1) is 0 Å². The number of Topliss-reactive ketones (excluding diaryl/α,β-unsaturated/α-hetero) is 1. The third-order valence-electron chi connectivity index (χ3n) is 4.86. The summed E-state index contributed by atoms with van der Waals surface area (Å²) in [5, 5.41) is 1.19. The smallest absolute Gasteiger partial charge is 0.162 e. The summed E-state index contributed by atoms with van der Waals surface area (Å²) >= 11 is 0. The molecule has 2 heteroatoms. The van der Waals surface area contributed by atoms with Crippen LogP contribution in [0.15, 0.2) is 35.0 Å². The van der Waals surface area contributed by atoms with Gasteiger partial charge in [-0.1, -0.05) is 70.1 Å². The summed E-state index contributed by atoms with van der Waals surface area (Å²) in [6, 6.07) is 8.57. The van der Waals surface area contributed by atoms with Gasteiger partial charge in [0.05, 0.1) is 8.07 Å². The Morgan fingerprint density at radius 1 is 1.09 bits per heavy atom. The molecule has 22 heavy (non-hydrogen) atoms. The maximum Gasteiger partial charge on any atom is 0.162 e. The number of benzene rings is 1. The zero-order valence-corrected chi connectivity index (χ0v) is 15.2. The Morgan fingerprint density at radius 3 is 2.50 bits per heavy atom. The van der Waals surface area contributed by atoms with Crippen LogP contribution in [-0.2, 0) is 4.79 Å². The zero-order valence-electron chi connectivity index (χ0n) is 14.2. The van der Waals surface area contributed by atoms with E-state index >= 15 is 0 Å². The maximum atomic E-state index is 13.1. The molecule has 0 saturated heterocycles. The molecule has 1 aromatic carbocycles. The van der Waals surface area contributed by atoms with Crippen LogP contribution in [0.1, 0.15) is 43.7 Å².